The van der Waals surface area contributed by atoms with E-state index in [-0.39, 0.29) is 19.8 Å². The van der Waals surface area contributed by atoms with Gasteiger partial charge >= 0.3 is 11.9 Å². The molecule has 0 heterocycles. The van der Waals surface area contributed by atoms with E-state index in [1.807, 2.05) is 0 Å². The van der Waals surface area contributed by atoms with Gasteiger partial charge in [-0.05, 0) is 13.3 Å². The molecule has 0 saturated heterocycles. The second-order valence-corrected chi connectivity index (χ2v) is 4.43. The number of ether oxygens (including phenoxy) is 3. The van der Waals surface area contributed by atoms with Crippen molar-refractivity contribution < 1.29 is 28.9 Å². The van der Waals surface area contributed by atoms with E-state index in [0.29, 0.717) is 6.42 Å². The molecule has 6 heteroatoms. The minimum Gasteiger partial charge on any atom is -0.465 e. The van der Waals surface area contributed by atoms with Crippen LogP contribution in [0, 0.1) is 5.41 Å². The summed E-state index contributed by atoms with van der Waals surface area (Å²) in [6, 6.07) is 0. The van der Waals surface area contributed by atoms with E-state index in [2.05, 4.69) is 0 Å². The van der Waals surface area contributed by atoms with Gasteiger partial charge in [0.2, 0.25) is 0 Å². The lowest BCUT2D eigenvalue weighted by Gasteiger charge is -2.26. The second kappa shape index (κ2) is 8.05. The summed E-state index contributed by atoms with van der Waals surface area (Å²) < 4.78 is 14.8. The van der Waals surface area contributed by atoms with E-state index in [9.17, 15) is 14.7 Å². The Bertz CT molecular complexity index is 278. The molecule has 0 aliphatic heterocycles. The summed E-state index contributed by atoms with van der Waals surface area (Å²) in [4.78, 5) is 22.7. The molecule has 0 bridgehead atoms. The lowest BCUT2D eigenvalue weighted by Crippen LogP contribution is -2.40. The summed E-state index contributed by atoms with van der Waals surface area (Å²) in [5, 5.41) is 9.33. The highest BCUT2D eigenvalue weighted by Gasteiger charge is 2.37. The number of esters is 2. The lowest BCUT2D eigenvalue weighted by molar-refractivity contribution is -0.168. The van der Waals surface area contributed by atoms with Crippen LogP contribution in [-0.2, 0) is 23.8 Å². The third-order valence-electron chi connectivity index (χ3n) is 2.43. The molecule has 1 N–H and O–H groups in total. The first kappa shape index (κ1) is 16.9. The van der Waals surface area contributed by atoms with Crippen molar-refractivity contribution in [1.29, 1.82) is 0 Å². The first-order chi connectivity index (χ1) is 8.35. The summed E-state index contributed by atoms with van der Waals surface area (Å²) in [6.07, 6.45) is -0.187. The van der Waals surface area contributed by atoms with Crippen molar-refractivity contribution in [2.24, 2.45) is 5.41 Å². The van der Waals surface area contributed by atoms with E-state index < -0.39 is 23.5 Å². The van der Waals surface area contributed by atoms with Gasteiger partial charge in [-0.2, -0.15) is 0 Å². The Morgan fingerprint density at radius 3 is 2.33 bits per heavy atom. The molecule has 0 rings (SSSR count). The van der Waals surface area contributed by atoms with Crippen LogP contribution in [0.2, 0.25) is 0 Å². The maximum atomic E-state index is 11.9. The van der Waals surface area contributed by atoms with Crippen molar-refractivity contribution in [3.8, 4) is 0 Å². The predicted molar refractivity (Wildman–Crippen MR) is 63.9 cm³/mol. The van der Waals surface area contributed by atoms with Crippen LogP contribution in [0.3, 0.4) is 0 Å². The number of rotatable bonds is 8. The van der Waals surface area contributed by atoms with Crippen molar-refractivity contribution in [1.82, 2.24) is 0 Å². The Labute approximate surface area is 107 Å². The molecule has 0 aromatic rings. The summed E-state index contributed by atoms with van der Waals surface area (Å²) in [5.41, 5.74) is -1.06. The van der Waals surface area contributed by atoms with E-state index in [1.165, 1.54) is 14.0 Å². The van der Waals surface area contributed by atoms with Crippen LogP contribution < -0.4 is 0 Å². The fraction of sp³-hybridized carbons (Fsp3) is 0.833. The Kier molecular flexibility index (Phi) is 7.54. The van der Waals surface area contributed by atoms with Gasteiger partial charge in [-0.25, -0.2) is 0 Å². The van der Waals surface area contributed by atoms with Crippen molar-refractivity contribution in [2.45, 2.75) is 33.3 Å². The molecule has 106 valence electrons. The molecule has 0 aliphatic carbocycles. The molecule has 0 aromatic carbocycles. The van der Waals surface area contributed by atoms with E-state index in [4.69, 9.17) is 14.2 Å². The molecule has 0 aliphatic rings. The van der Waals surface area contributed by atoms with Gasteiger partial charge in [-0.3, -0.25) is 9.59 Å². The Morgan fingerprint density at radius 1 is 1.28 bits per heavy atom. The van der Waals surface area contributed by atoms with Gasteiger partial charge in [0.1, 0.15) is 18.6 Å². The lowest BCUT2D eigenvalue weighted by atomic mass is 9.93. The molecule has 0 fully saturated rings. The van der Waals surface area contributed by atoms with Gasteiger partial charge < -0.3 is 19.3 Å². The van der Waals surface area contributed by atoms with Crippen LogP contribution in [-0.4, -0.2) is 50.1 Å². The van der Waals surface area contributed by atoms with Crippen LogP contribution in [0.5, 0.6) is 0 Å². The van der Waals surface area contributed by atoms with Gasteiger partial charge in [-0.1, -0.05) is 6.92 Å². The van der Waals surface area contributed by atoms with Crippen LogP contribution in [0.4, 0.5) is 0 Å². The number of hydrogen-bond acceptors (Lipinski definition) is 6. The highest BCUT2D eigenvalue weighted by molar-refractivity contribution is 5.77. The smallest absolute Gasteiger partial charge is 0.317 e. The van der Waals surface area contributed by atoms with Crippen LogP contribution in [0.15, 0.2) is 0 Å². The highest BCUT2D eigenvalue weighted by atomic mass is 16.6. The number of methoxy groups -OCH3 is 1. The molecular weight excluding hydrogens is 240 g/mol. The third kappa shape index (κ3) is 5.97. The van der Waals surface area contributed by atoms with Gasteiger partial charge in [-0.15, -0.1) is 0 Å². The van der Waals surface area contributed by atoms with Crippen molar-refractivity contribution in [3.05, 3.63) is 0 Å². The van der Waals surface area contributed by atoms with Crippen LogP contribution in [0.25, 0.3) is 0 Å². The second-order valence-electron chi connectivity index (χ2n) is 4.43. The normalized spacial score (nSPS) is 15.6. The SMILES string of the molecule is CCC(O)COC(=O)C(C)(COC)COC(C)=O. The van der Waals surface area contributed by atoms with Gasteiger partial charge in [0.15, 0.2) is 0 Å². The Hall–Kier alpha value is -1.14. The van der Waals surface area contributed by atoms with Gasteiger partial charge in [0, 0.05) is 14.0 Å². The maximum absolute atomic E-state index is 11.9. The highest BCUT2D eigenvalue weighted by Crippen LogP contribution is 2.20. The Balaban J connectivity index is 4.45. The summed E-state index contributed by atoms with van der Waals surface area (Å²) >= 11 is 0. The molecule has 0 amide bonds. The number of carbonyl (C=O) groups excluding carboxylic acids is 2. The standard InChI is InChI=1S/C12H22O6/c1-5-10(14)6-17-11(15)12(3,7-16-4)8-18-9(2)13/h10,14H,5-8H2,1-4H3. The van der Waals surface area contributed by atoms with Crippen LogP contribution >= 0.6 is 0 Å². The van der Waals surface area contributed by atoms with Gasteiger partial charge in [0.05, 0.1) is 12.7 Å². The predicted octanol–water partition coefficient (Wildman–Crippen LogP) is 0.516. The number of hydrogen-bond donors (Lipinski definition) is 1. The van der Waals surface area contributed by atoms with E-state index in [1.54, 1.807) is 13.8 Å². The fourth-order valence-corrected chi connectivity index (χ4v) is 1.20. The van der Waals surface area contributed by atoms with Crippen molar-refractivity contribution >= 4 is 11.9 Å². The first-order valence-electron chi connectivity index (χ1n) is 5.83. The molecule has 0 saturated carbocycles. The minimum absolute atomic E-state index is 0.0708. The average molecular weight is 262 g/mol. The van der Waals surface area contributed by atoms with E-state index >= 15 is 0 Å². The topological polar surface area (TPSA) is 82.1 Å². The Morgan fingerprint density at radius 2 is 1.89 bits per heavy atom. The van der Waals surface area contributed by atoms with Crippen molar-refractivity contribution in [3.63, 3.8) is 0 Å². The number of carbonyl (C=O) groups is 2. The molecule has 2 unspecified atom stereocenters. The molecule has 0 spiro atoms. The molecule has 0 radical (unpaired) electrons. The quantitative estimate of drug-likeness (QED) is 0.642. The summed E-state index contributed by atoms with van der Waals surface area (Å²) in [5.74, 6) is -1.03. The first-order valence-corrected chi connectivity index (χ1v) is 5.83. The monoisotopic (exact) mass is 262 g/mol. The summed E-state index contributed by atoms with van der Waals surface area (Å²) in [7, 11) is 1.44. The van der Waals surface area contributed by atoms with Crippen molar-refractivity contribution in [2.75, 3.05) is 26.9 Å². The fourth-order valence-electron chi connectivity index (χ4n) is 1.20. The number of aliphatic hydroxyl groups is 1. The summed E-state index contributed by atoms with van der Waals surface area (Å²) in [6.45, 7) is 4.51. The van der Waals surface area contributed by atoms with Gasteiger partial charge in [0.25, 0.3) is 0 Å². The average Bonchev–Trinajstić information content (AvgIpc) is 2.33. The van der Waals surface area contributed by atoms with Crippen LogP contribution in [0.1, 0.15) is 27.2 Å². The largest absolute Gasteiger partial charge is 0.465 e. The molecule has 18 heavy (non-hydrogen) atoms. The molecule has 6 nitrogen and oxygen atoms in total. The zero-order chi connectivity index (χ0) is 14.2. The third-order valence-corrected chi connectivity index (χ3v) is 2.43. The zero-order valence-corrected chi connectivity index (χ0v) is 11.4. The zero-order valence-electron chi connectivity index (χ0n) is 11.4. The molecule has 0 aromatic heterocycles. The minimum atomic E-state index is -1.06. The molecular formula is C12H22O6. The molecule has 2 atom stereocenters. The number of aliphatic hydroxyl groups excluding tert-OH is 1. The maximum Gasteiger partial charge on any atom is 0.317 e. The van der Waals surface area contributed by atoms with E-state index in [0.717, 1.165) is 0 Å².